The molecule has 0 unspecified atom stereocenters. The Morgan fingerprint density at radius 2 is 1.81 bits per heavy atom. The van der Waals surface area contributed by atoms with Gasteiger partial charge in [0.25, 0.3) is 0 Å². The number of halogens is 3. The number of hydrogen-bond donors (Lipinski definition) is 1. The summed E-state index contributed by atoms with van der Waals surface area (Å²) in [6.07, 6.45) is -3.50. The molecule has 1 rings (SSSR count). The van der Waals surface area contributed by atoms with E-state index < -0.39 is 30.1 Å². The van der Waals surface area contributed by atoms with Gasteiger partial charge in [-0.1, -0.05) is 0 Å². The van der Waals surface area contributed by atoms with Gasteiger partial charge in [-0.2, -0.15) is 0 Å². The minimum absolute atomic E-state index is 0.209. The number of nitrogens with one attached hydrogen (secondary N) is 1. The van der Waals surface area contributed by atoms with Crippen molar-refractivity contribution in [1.29, 1.82) is 0 Å². The van der Waals surface area contributed by atoms with Crippen LogP contribution in [0.5, 0.6) is 0 Å². The monoisotopic (exact) mass is 341 g/mol. The van der Waals surface area contributed by atoms with Gasteiger partial charge in [-0.15, -0.1) is 0 Å². The van der Waals surface area contributed by atoms with E-state index >= 15 is 0 Å². The van der Waals surface area contributed by atoms with Crippen LogP contribution in [0.15, 0.2) is 6.20 Å². The van der Waals surface area contributed by atoms with Crippen LogP contribution in [0.3, 0.4) is 0 Å². The van der Waals surface area contributed by atoms with E-state index in [1.54, 1.807) is 7.05 Å². The Labute approximate surface area is 96.4 Å². The Morgan fingerprint density at radius 1 is 1.25 bits per heavy atom. The van der Waals surface area contributed by atoms with Gasteiger partial charge in [0.1, 0.15) is 0 Å². The van der Waals surface area contributed by atoms with Crippen molar-refractivity contribution in [3.8, 4) is 0 Å². The van der Waals surface area contributed by atoms with Crippen molar-refractivity contribution in [3.63, 3.8) is 0 Å². The fourth-order valence-corrected chi connectivity index (χ4v) is 5.44. The van der Waals surface area contributed by atoms with Crippen LogP contribution >= 0.6 is 0 Å². The maximum atomic E-state index is 12.7. The van der Waals surface area contributed by atoms with Crippen LogP contribution in [0.25, 0.3) is 0 Å². The third-order valence-corrected chi connectivity index (χ3v) is 7.17. The van der Waals surface area contributed by atoms with Crippen molar-refractivity contribution >= 4 is 28.0 Å². The molecule has 0 aliphatic heterocycles. The van der Waals surface area contributed by atoms with E-state index in [2.05, 4.69) is 15.3 Å². The van der Waals surface area contributed by atoms with E-state index in [1.165, 1.54) is 0 Å². The summed E-state index contributed by atoms with van der Waals surface area (Å²) in [5.74, 6) is 0.245. The summed E-state index contributed by atoms with van der Waals surface area (Å²) in [6, 6.07) is 0. The zero-order valence-corrected chi connectivity index (χ0v) is 12.5. The molecule has 0 aliphatic rings. The van der Waals surface area contributed by atoms with E-state index in [4.69, 9.17) is 0 Å². The molecule has 0 bridgehead atoms. The Kier molecular flexibility index (Phi) is 3.71. The maximum absolute atomic E-state index is 12.7. The molecule has 90 valence electrons. The summed E-state index contributed by atoms with van der Waals surface area (Å²) < 4.78 is 38.5. The first-order valence-corrected chi connectivity index (χ1v) is 14.8. The normalized spacial score (nSPS) is 12.7. The standard InChI is InChI=1S/C6H5F3N3.3CH3.Sn/c1-10-5-11-2-4(3-12-5)6(7,8)9;;;;/h2H,1H3,(H,10,11,12);3*1H3;. The third kappa shape index (κ3) is 2.99. The van der Waals surface area contributed by atoms with Crippen LogP contribution in [-0.2, 0) is 6.18 Å². The number of rotatable bonds is 2. The van der Waals surface area contributed by atoms with Crippen molar-refractivity contribution < 1.29 is 13.2 Å². The van der Waals surface area contributed by atoms with Crippen LogP contribution in [0, 0.1) is 0 Å². The van der Waals surface area contributed by atoms with Gasteiger partial charge in [0, 0.05) is 0 Å². The molecule has 0 amide bonds. The van der Waals surface area contributed by atoms with Crippen molar-refractivity contribution in [2.75, 3.05) is 12.4 Å². The van der Waals surface area contributed by atoms with Crippen molar-refractivity contribution in [3.05, 3.63) is 11.8 Å². The molecule has 0 radical (unpaired) electrons. The van der Waals surface area contributed by atoms with Crippen molar-refractivity contribution in [1.82, 2.24) is 9.97 Å². The fraction of sp³-hybridized carbons (Fsp3) is 0.556. The van der Waals surface area contributed by atoms with Crippen LogP contribution in [0.2, 0.25) is 14.8 Å². The molecule has 0 saturated heterocycles. The average molecular weight is 340 g/mol. The molecule has 1 aromatic heterocycles. The first kappa shape index (κ1) is 13.5. The average Bonchev–Trinajstić information content (AvgIpc) is 2.14. The third-order valence-electron chi connectivity index (χ3n) is 2.03. The summed E-state index contributed by atoms with van der Waals surface area (Å²) >= 11 is -2.90. The summed E-state index contributed by atoms with van der Waals surface area (Å²) in [4.78, 5) is 13.3. The van der Waals surface area contributed by atoms with Crippen LogP contribution < -0.4 is 9.03 Å². The Balaban J connectivity index is 3.40. The van der Waals surface area contributed by atoms with E-state index in [0.717, 1.165) is 6.20 Å². The second-order valence-corrected chi connectivity index (χ2v) is 18.6. The number of nitrogens with zero attached hydrogens (tertiary/aromatic N) is 2. The van der Waals surface area contributed by atoms with Gasteiger partial charge in [0.15, 0.2) is 0 Å². The molecule has 0 atom stereocenters. The second kappa shape index (κ2) is 4.38. The first-order chi connectivity index (χ1) is 7.16. The number of alkyl halides is 3. The minimum atomic E-state index is -4.37. The summed E-state index contributed by atoms with van der Waals surface area (Å²) in [5.41, 5.74) is -0.685. The van der Waals surface area contributed by atoms with Crippen LogP contribution in [0.4, 0.5) is 19.1 Å². The Bertz CT molecular complexity index is 385. The van der Waals surface area contributed by atoms with Gasteiger partial charge in [0.05, 0.1) is 0 Å². The predicted molar refractivity (Wildman–Crippen MR) is 59.6 cm³/mol. The molecule has 1 heterocycles. The van der Waals surface area contributed by atoms with Gasteiger partial charge in [-0.05, 0) is 0 Å². The molecular formula is C9H14F3N3Sn. The van der Waals surface area contributed by atoms with Crippen molar-refractivity contribution in [2.45, 2.75) is 21.0 Å². The Hall–Kier alpha value is -0.531. The van der Waals surface area contributed by atoms with Gasteiger partial charge in [-0.3, -0.25) is 0 Å². The summed E-state index contributed by atoms with van der Waals surface area (Å²) in [6.45, 7) is 0. The summed E-state index contributed by atoms with van der Waals surface area (Å²) in [5, 5.41) is 2.66. The molecule has 0 spiro atoms. The zero-order chi connectivity index (χ0) is 12.6. The molecule has 0 aromatic carbocycles. The van der Waals surface area contributed by atoms with Gasteiger partial charge < -0.3 is 0 Å². The molecule has 1 aromatic rings. The van der Waals surface area contributed by atoms with Gasteiger partial charge in [0.2, 0.25) is 0 Å². The van der Waals surface area contributed by atoms with Crippen LogP contribution in [-0.4, -0.2) is 35.4 Å². The van der Waals surface area contributed by atoms with E-state index in [0.29, 0.717) is 0 Å². The Morgan fingerprint density at radius 3 is 2.19 bits per heavy atom. The molecule has 16 heavy (non-hydrogen) atoms. The van der Waals surface area contributed by atoms with E-state index in [-0.39, 0.29) is 9.66 Å². The fourth-order valence-electron chi connectivity index (χ4n) is 1.28. The molecule has 1 N–H and O–H groups in total. The predicted octanol–water partition coefficient (Wildman–Crippen LogP) is 2.08. The zero-order valence-electron chi connectivity index (χ0n) is 9.61. The van der Waals surface area contributed by atoms with Gasteiger partial charge in [-0.25, -0.2) is 0 Å². The molecule has 0 fully saturated rings. The van der Waals surface area contributed by atoms with Crippen molar-refractivity contribution in [2.24, 2.45) is 0 Å². The van der Waals surface area contributed by atoms with Crippen LogP contribution in [0.1, 0.15) is 5.56 Å². The number of aromatic nitrogens is 2. The number of anilines is 1. The molecule has 0 aliphatic carbocycles. The molecule has 7 heteroatoms. The summed E-state index contributed by atoms with van der Waals surface area (Å²) in [7, 11) is 1.59. The molecule has 0 saturated carbocycles. The number of hydrogen-bond acceptors (Lipinski definition) is 3. The quantitative estimate of drug-likeness (QED) is 0.838. The van der Waals surface area contributed by atoms with Gasteiger partial charge >= 0.3 is 96.3 Å². The topological polar surface area (TPSA) is 37.8 Å². The SMILES string of the molecule is CNc1ncc(C(F)(F)F)[c]([Sn]([CH3])([CH3])[CH3])n1. The molecule has 3 nitrogen and oxygen atoms in total. The second-order valence-electron chi connectivity index (χ2n) is 4.45. The first-order valence-electron chi connectivity index (χ1n) is 4.78. The van der Waals surface area contributed by atoms with E-state index in [1.807, 2.05) is 14.8 Å². The van der Waals surface area contributed by atoms with E-state index in [9.17, 15) is 13.2 Å². The molecular weight excluding hydrogens is 326 g/mol.